The fraction of sp³-hybridized carbons (Fsp3) is 0.133. The standard InChI is InChI=1S/C15H13NO/c1-2-10-7-8-11-12-5-3-4-6-14(12)16-15(17)13(11)9-10/h3-9H,2H2,1H3,(H,16,17). The number of aromatic nitrogens is 1. The number of H-pyrrole nitrogens is 1. The average molecular weight is 223 g/mol. The minimum atomic E-state index is -0.00556. The third-order valence-corrected chi connectivity index (χ3v) is 3.20. The van der Waals surface area contributed by atoms with Crippen LogP contribution in [0, 0.1) is 0 Å². The van der Waals surface area contributed by atoms with E-state index in [0.717, 1.165) is 28.1 Å². The first-order valence-corrected chi connectivity index (χ1v) is 5.83. The van der Waals surface area contributed by atoms with Crippen molar-refractivity contribution in [2.24, 2.45) is 0 Å². The van der Waals surface area contributed by atoms with Gasteiger partial charge in [-0.25, -0.2) is 0 Å². The molecule has 2 nitrogen and oxygen atoms in total. The van der Waals surface area contributed by atoms with Crippen LogP contribution in [0.3, 0.4) is 0 Å². The first-order valence-electron chi connectivity index (χ1n) is 5.83. The Morgan fingerprint density at radius 1 is 1.00 bits per heavy atom. The van der Waals surface area contributed by atoms with Crippen molar-refractivity contribution in [1.29, 1.82) is 0 Å². The van der Waals surface area contributed by atoms with Crippen LogP contribution in [0.15, 0.2) is 47.3 Å². The number of fused-ring (bicyclic) bond motifs is 3. The van der Waals surface area contributed by atoms with E-state index in [9.17, 15) is 4.79 Å². The molecular formula is C15H13NO. The van der Waals surface area contributed by atoms with E-state index in [-0.39, 0.29) is 5.56 Å². The molecule has 0 saturated carbocycles. The number of hydrogen-bond donors (Lipinski definition) is 1. The highest BCUT2D eigenvalue weighted by atomic mass is 16.1. The molecule has 1 N–H and O–H groups in total. The van der Waals surface area contributed by atoms with Crippen LogP contribution in [-0.4, -0.2) is 4.98 Å². The first kappa shape index (κ1) is 10.1. The summed E-state index contributed by atoms with van der Waals surface area (Å²) in [4.78, 5) is 14.9. The Kier molecular flexibility index (Phi) is 2.22. The van der Waals surface area contributed by atoms with Crippen molar-refractivity contribution < 1.29 is 0 Å². The molecule has 1 heterocycles. The lowest BCUT2D eigenvalue weighted by atomic mass is 10.0. The highest BCUT2D eigenvalue weighted by Crippen LogP contribution is 2.21. The fourth-order valence-corrected chi connectivity index (χ4v) is 2.25. The summed E-state index contributed by atoms with van der Waals surface area (Å²) in [5.74, 6) is 0. The molecule has 3 aromatic rings. The normalized spacial score (nSPS) is 11.1. The average Bonchev–Trinajstić information content (AvgIpc) is 2.38. The Bertz CT molecular complexity index is 756. The molecule has 0 bridgehead atoms. The molecule has 2 heteroatoms. The second-order valence-corrected chi connectivity index (χ2v) is 4.23. The molecule has 0 unspecified atom stereocenters. The molecule has 0 amide bonds. The second kappa shape index (κ2) is 3.74. The molecule has 0 radical (unpaired) electrons. The molecule has 1 aromatic heterocycles. The molecule has 0 aliphatic heterocycles. The van der Waals surface area contributed by atoms with Crippen LogP contribution in [-0.2, 0) is 6.42 Å². The van der Waals surface area contributed by atoms with E-state index in [1.54, 1.807) is 0 Å². The molecule has 2 aromatic carbocycles. The van der Waals surface area contributed by atoms with Crippen molar-refractivity contribution in [3.8, 4) is 0 Å². The van der Waals surface area contributed by atoms with Crippen molar-refractivity contribution in [1.82, 2.24) is 4.98 Å². The zero-order chi connectivity index (χ0) is 11.8. The van der Waals surface area contributed by atoms with E-state index in [4.69, 9.17) is 0 Å². The smallest absolute Gasteiger partial charge is 0.256 e. The van der Waals surface area contributed by atoms with Gasteiger partial charge in [-0.2, -0.15) is 0 Å². The first-order chi connectivity index (χ1) is 8.29. The summed E-state index contributed by atoms with van der Waals surface area (Å²) in [6.07, 6.45) is 0.947. The van der Waals surface area contributed by atoms with Gasteiger partial charge in [-0.15, -0.1) is 0 Å². The maximum Gasteiger partial charge on any atom is 0.256 e. The van der Waals surface area contributed by atoms with Crippen LogP contribution < -0.4 is 5.56 Å². The van der Waals surface area contributed by atoms with Crippen LogP contribution in [0.4, 0.5) is 0 Å². The van der Waals surface area contributed by atoms with Gasteiger partial charge in [-0.05, 0) is 29.5 Å². The minimum absolute atomic E-state index is 0.00556. The van der Waals surface area contributed by atoms with Gasteiger partial charge in [0.15, 0.2) is 0 Å². The van der Waals surface area contributed by atoms with Gasteiger partial charge in [-0.3, -0.25) is 4.79 Å². The Balaban J connectivity index is 2.54. The largest absolute Gasteiger partial charge is 0.321 e. The number of aryl methyl sites for hydroxylation is 1. The monoisotopic (exact) mass is 223 g/mol. The van der Waals surface area contributed by atoms with E-state index in [2.05, 4.69) is 18.0 Å². The Morgan fingerprint density at radius 3 is 2.65 bits per heavy atom. The molecule has 84 valence electrons. The summed E-state index contributed by atoms with van der Waals surface area (Å²) < 4.78 is 0. The zero-order valence-electron chi connectivity index (χ0n) is 9.66. The Morgan fingerprint density at radius 2 is 1.82 bits per heavy atom. The summed E-state index contributed by atoms with van der Waals surface area (Å²) in [5.41, 5.74) is 2.08. The molecule has 0 saturated heterocycles. The predicted molar refractivity (Wildman–Crippen MR) is 71.5 cm³/mol. The lowest BCUT2D eigenvalue weighted by Gasteiger charge is -2.04. The molecule has 3 rings (SSSR count). The number of nitrogens with one attached hydrogen (secondary N) is 1. The highest BCUT2D eigenvalue weighted by Gasteiger charge is 2.04. The number of aromatic amines is 1. The lowest BCUT2D eigenvalue weighted by Crippen LogP contribution is -2.06. The van der Waals surface area contributed by atoms with Gasteiger partial charge in [0.05, 0.1) is 0 Å². The van der Waals surface area contributed by atoms with Gasteiger partial charge in [0.25, 0.3) is 5.56 Å². The van der Waals surface area contributed by atoms with E-state index < -0.39 is 0 Å². The van der Waals surface area contributed by atoms with Crippen LogP contribution in [0.1, 0.15) is 12.5 Å². The number of benzene rings is 2. The molecule has 17 heavy (non-hydrogen) atoms. The van der Waals surface area contributed by atoms with E-state index in [1.165, 1.54) is 5.56 Å². The predicted octanol–water partition coefficient (Wildman–Crippen LogP) is 3.24. The SMILES string of the molecule is CCc1ccc2c(c1)c(=O)[nH]c1ccccc12. The number of pyridine rings is 1. The summed E-state index contributed by atoms with van der Waals surface area (Å²) in [6, 6.07) is 14.0. The van der Waals surface area contributed by atoms with Crippen LogP contribution in [0.2, 0.25) is 0 Å². The van der Waals surface area contributed by atoms with Gasteiger partial charge < -0.3 is 4.98 Å². The van der Waals surface area contributed by atoms with E-state index >= 15 is 0 Å². The number of rotatable bonds is 1. The molecule has 0 atom stereocenters. The van der Waals surface area contributed by atoms with Gasteiger partial charge >= 0.3 is 0 Å². The minimum Gasteiger partial charge on any atom is -0.321 e. The molecule has 0 aliphatic rings. The lowest BCUT2D eigenvalue weighted by molar-refractivity contribution is 1.14. The van der Waals surface area contributed by atoms with Crippen LogP contribution in [0.5, 0.6) is 0 Å². The zero-order valence-corrected chi connectivity index (χ0v) is 9.66. The molecule has 0 fully saturated rings. The van der Waals surface area contributed by atoms with Crippen molar-refractivity contribution in [2.75, 3.05) is 0 Å². The number of hydrogen-bond acceptors (Lipinski definition) is 1. The number of para-hydroxylation sites is 1. The fourth-order valence-electron chi connectivity index (χ4n) is 2.25. The van der Waals surface area contributed by atoms with Crippen LogP contribution in [0.25, 0.3) is 21.7 Å². The highest BCUT2D eigenvalue weighted by molar-refractivity contribution is 6.05. The van der Waals surface area contributed by atoms with Crippen LogP contribution >= 0.6 is 0 Å². The third-order valence-electron chi connectivity index (χ3n) is 3.20. The third kappa shape index (κ3) is 1.53. The van der Waals surface area contributed by atoms with Crippen molar-refractivity contribution >= 4 is 21.7 Å². The summed E-state index contributed by atoms with van der Waals surface area (Å²) in [5, 5.41) is 2.91. The van der Waals surface area contributed by atoms with Gasteiger partial charge in [0, 0.05) is 16.3 Å². The Labute approximate surface area is 98.9 Å². The summed E-state index contributed by atoms with van der Waals surface area (Å²) >= 11 is 0. The maximum atomic E-state index is 12.0. The molecule has 0 aliphatic carbocycles. The van der Waals surface area contributed by atoms with Crippen molar-refractivity contribution in [3.63, 3.8) is 0 Å². The van der Waals surface area contributed by atoms with Gasteiger partial charge in [-0.1, -0.05) is 37.3 Å². The van der Waals surface area contributed by atoms with Gasteiger partial charge in [0.1, 0.15) is 0 Å². The van der Waals surface area contributed by atoms with E-state index in [0.29, 0.717) is 0 Å². The Hall–Kier alpha value is -2.09. The van der Waals surface area contributed by atoms with Crippen molar-refractivity contribution in [3.05, 3.63) is 58.4 Å². The maximum absolute atomic E-state index is 12.0. The summed E-state index contributed by atoms with van der Waals surface area (Å²) in [7, 11) is 0. The summed E-state index contributed by atoms with van der Waals surface area (Å²) in [6.45, 7) is 2.09. The van der Waals surface area contributed by atoms with Crippen molar-refractivity contribution in [2.45, 2.75) is 13.3 Å². The molecular weight excluding hydrogens is 210 g/mol. The second-order valence-electron chi connectivity index (χ2n) is 4.23. The quantitative estimate of drug-likeness (QED) is 0.631. The topological polar surface area (TPSA) is 32.9 Å². The van der Waals surface area contributed by atoms with Gasteiger partial charge in [0.2, 0.25) is 0 Å². The molecule has 0 spiro atoms. The van der Waals surface area contributed by atoms with E-state index in [1.807, 2.05) is 36.4 Å².